The molecule has 0 heterocycles. The highest BCUT2D eigenvalue weighted by molar-refractivity contribution is 7.92. The number of nitrogens with zero attached hydrogens (tertiary/aromatic N) is 1. The second kappa shape index (κ2) is 10.8. The van der Waals surface area contributed by atoms with Crippen molar-refractivity contribution in [2.45, 2.75) is 44.7 Å². The van der Waals surface area contributed by atoms with Gasteiger partial charge >= 0.3 is 0 Å². The molecular weight excluding hydrogens is 496 g/mol. The molecule has 7 nitrogen and oxygen atoms in total. The van der Waals surface area contributed by atoms with Crippen molar-refractivity contribution in [3.05, 3.63) is 94.5 Å². The van der Waals surface area contributed by atoms with E-state index >= 15 is 0 Å². The molecule has 0 spiro atoms. The summed E-state index contributed by atoms with van der Waals surface area (Å²) in [7, 11) is -6.82. The first kappa shape index (κ1) is 27.4. The molecular formula is C27H32N2O5S2. The quantitative estimate of drug-likeness (QED) is 0.439. The van der Waals surface area contributed by atoms with E-state index in [0.29, 0.717) is 17.7 Å². The van der Waals surface area contributed by atoms with Crippen molar-refractivity contribution < 1.29 is 21.6 Å². The molecule has 192 valence electrons. The van der Waals surface area contributed by atoms with Crippen LogP contribution in [-0.4, -0.2) is 35.3 Å². The lowest BCUT2D eigenvalue weighted by atomic mass is 10.0. The Labute approximate surface area is 214 Å². The van der Waals surface area contributed by atoms with Gasteiger partial charge in [-0.3, -0.25) is 9.10 Å². The van der Waals surface area contributed by atoms with E-state index in [-0.39, 0.29) is 23.4 Å². The number of sulfonamides is 1. The van der Waals surface area contributed by atoms with Crippen LogP contribution in [0.4, 0.5) is 5.69 Å². The van der Waals surface area contributed by atoms with Crippen molar-refractivity contribution in [3.8, 4) is 0 Å². The molecule has 0 aliphatic carbocycles. The third-order valence-electron chi connectivity index (χ3n) is 6.00. The number of amides is 1. The van der Waals surface area contributed by atoms with Crippen LogP contribution in [0.15, 0.2) is 71.6 Å². The summed E-state index contributed by atoms with van der Waals surface area (Å²) in [4.78, 5) is 13.1. The van der Waals surface area contributed by atoms with E-state index < -0.39 is 19.9 Å². The summed E-state index contributed by atoms with van der Waals surface area (Å²) in [5.41, 5.74) is 4.47. The van der Waals surface area contributed by atoms with Gasteiger partial charge in [-0.2, -0.15) is 0 Å². The number of rotatable bonds is 9. The van der Waals surface area contributed by atoms with Crippen LogP contribution in [0.5, 0.6) is 0 Å². The standard InChI is InChI=1S/C27H32N2O5S2/c1-6-25(22-13-15-24(16-14-22)35(4,31)32)28-27(30)23-11-9-21(10-12-23)18-29(36(5,33)34)26-17-19(2)7-8-20(26)3/h7-17,25H,6,18H2,1-5H3,(H,28,30). The predicted molar refractivity (Wildman–Crippen MR) is 143 cm³/mol. The summed E-state index contributed by atoms with van der Waals surface area (Å²) in [5.74, 6) is -0.268. The van der Waals surface area contributed by atoms with Crippen molar-refractivity contribution in [1.82, 2.24) is 5.32 Å². The fourth-order valence-corrected chi connectivity index (χ4v) is 5.47. The third kappa shape index (κ3) is 6.73. The number of aryl methyl sites for hydroxylation is 2. The molecule has 3 aromatic carbocycles. The van der Waals surface area contributed by atoms with Crippen molar-refractivity contribution in [3.63, 3.8) is 0 Å². The van der Waals surface area contributed by atoms with Gasteiger partial charge < -0.3 is 5.32 Å². The van der Waals surface area contributed by atoms with Crippen molar-refractivity contribution in [2.24, 2.45) is 0 Å². The van der Waals surface area contributed by atoms with Gasteiger partial charge in [0.2, 0.25) is 10.0 Å². The van der Waals surface area contributed by atoms with Gasteiger partial charge in [-0.15, -0.1) is 0 Å². The number of hydrogen-bond acceptors (Lipinski definition) is 5. The first-order valence-corrected chi connectivity index (χ1v) is 15.3. The number of benzene rings is 3. The summed E-state index contributed by atoms with van der Waals surface area (Å²) < 4.78 is 49.9. The maximum absolute atomic E-state index is 12.9. The van der Waals surface area contributed by atoms with Gasteiger partial charge in [0.05, 0.1) is 29.4 Å². The normalized spacial score (nSPS) is 12.7. The Kier molecular flexibility index (Phi) is 8.26. The van der Waals surface area contributed by atoms with Gasteiger partial charge in [0.25, 0.3) is 5.91 Å². The van der Waals surface area contributed by atoms with Crippen molar-refractivity contribution >= 4 is 31.5 Å². The monoisotopic (exact) mass is 528 g/mol. The highest BCUT2D eigenvalue weighted by atomic mass is 32.2. The van der Waals surface area contributed by atoms with E-state index in [1.54, 1.807) is 36.4 Å². The molecule has 1 amide bonds. The summed E-state index contributed by atoms with van der Waals surface area (Å²) >= 11 is 0. The van der Waals surface area contributed by atoms with Crippen molar-refractivity contribution in [2.75, 3.05) is 16.8 Å². The summed E-state index contributed by atoms with van der Waals surface area (Å²) in [6.45, 7) is 5.88. The number of anilines is 1. The Morgan fingerprint density at radius 1 is 0.889 bits per heavy atom. The van der Waals surface area contributed by atoms with Crippen LogP contribution in [0, 0.1) is 13.8 Å². The lowest BCUT2D eigenvalue weighted by molar-refractivity contribution is 0.0935. The number of sulfone groups is 1. The molecule has 1 unspecified atom stereocenters. The topological polar surface area (TPSA) is 101 Å². The van der Waals surface area contributed by atoms with E-state index in [1.807, 2.05) is 39.0 Å². The molecule has 0 saturated heterocycles. The zero-order chi connectivity index (χ0) is 26.7. The van der Waals surface area contributed by atoms with Gasteiger partial charge in [0.15, 0.2) is 9.84 Å². The minimum absolute atomic E-state index is 0.148. The van der Waals surface area contributed by atoms with Crippen LogP contribution in [0.1, 0.15) is 52.0 Å². The molecule has 0 radical (unpaired) electrons. The fraction of sp³-hybridized carbons (Fsp3) is 0.296. The van der Waals surface area contributed by atoms with E-state index in [9.17, 15) is 21.6 Å². The Bertz CT molecular complexity index is 1450. The van der Waals surface area contributed by atoms with Crippen LogP contribution in [0.3, 0.4) is 0 Å². The predicted octanol–water partition coefficient (Wildman–Crippen LogP) is 4.55. The first-order valence-electron chi connectivity index (χ1n) is 11.5. The second-order valence-corrected chi connectivity index (χ2v) is 13.0. The summed E-state index contributed by atoms with van der Waals surface area (Å²) in [6.07, 6.45) is 2.97. The number of carbonyl (C=O) groups excluding carboxylic acids is 1. The number of carbonyl (C=O) groups is 1. The maximum Gasteiger partial charge on any atom is 0.251 e. The first-order chi connectivity index (χ1) is 16.8. The minimum atomic E-state index is -3.53. The molecule has 0 bridgehead atoms. The number of hydrogen-bond donors (Lipinski definition) is 1. The molecule has 36 heavy (non-hydrogen) atoms. The average molecular weight is 529 g/mol. The van der Waals surface area contributed by atoms with Gasteiger partial charge in [-0.05, 0) is 72.9 Å². The summed E-state index contributed by atoms with van der Waals surface area (Å²) in [5, 5.41) is 2.99. The van der Waals surface area contributed by atoms with Crippen LogP contribution < -0.4 is 9.62 Å². The lowest BCUT2D eigenvalue weighted by Gasteiger charge is -2.25. The molecule has 0 saturated carbocycles. The molecule has 3 aromatic rings. The van der Waals surface area contributed by atoms with Gasteiger partial charge in [-0.1, -0.05) is 43.3 Å². The highest BCUT2D eigenvalue weighted by Gasteiger charge is 2.21. The Balaban J connectivity index is 1.76. The van der Waals surface area contributed by atoms with Crippen LogP contribution >= 0.6 is 0 Å². The van der Waals surface area contributed by atoms with Gasteiger partial charge in [0, 0.05) is 11.8 Å². The van der Waals surface area contributed by atoms with E-state index in [0.717, 1.165) is 28.5 Å². The van der Waals surface area contributed by atoms with E-state index in [1.165, 1.54) is 22.7 Å². The SMILES string of the molecule is CCC(NC(=O)c1ccc(CN(c2cc(C)ccc2C)S(C)(=O)=O)cc1)c1ccc(S(C)(=O)=O)cc1. The molecule has 0 aromatic heterocycles. The Morgan fingerprint density at radius 3 is 2.03 bits per heavy atom. The minimum Gasteiger partial charge on any atom is -0.345 e. The maximum atomic E-state index is 12.9. The Hall–Kier alpha value is -3.17. The lowest BCUT2D eigenvalue weighted by Crippen LogP contribution is -2.30. The molecule has 9 heteroatoms. The zero-order valence-electron chi connectivity index (χ0n) is 21.1. The molecule has 0 aliphatic heterocycles. The third-order valence-corrected chi connectivity index (χ3v) is 8.26. The molecule has 1 atom stereocenters. The van der Waals surface area contributed by atoms with E-state index in [4.69, 9.17) is 0 Å². The largest absolute Gasteiger partial charge is 0.345 e. The smallest absolute Gasteiger partial charge is 0.251 e. The van der Waals surface area contributed by atoms with E-state index in [2.05, 4.69) is 5.32 Å². The van der Waals surface area contributed by atoms with Crippen LogP contribution in [-0.2, 0) is 26.4 Å². The molecule has 1 N–H and O–H groups in total. The van der Waals surface area contributed by atoms with Gasteiger partial charge in [0.1, 0.15) is 0 Å². The molecule has 0 aliphatic rings. The van der Waals surface area contributed by atoms with Crippen LogP contribution in [0.25, 0.3) is 0 Å². The van der Waals surface area contributed by atoms with Crippen molar-refractivity contribution in [1.29, 1.82) is 0 Å². The zero-order valence-corrected chi connectivity index (χ0v) is 22.8. The number of nitrogens with one attached hydrogen (secondary N) is 1. The summed E-state index contributed by atoms with van der Waals surface area (Å²) in [6, 6.07) is 18.8. The molecule has 3 rings (SSSR count). The van der Waals surface area contributed by atoms with Crippen LogP contribution in [0.2, 0.25) is 0 Å². The van der Waals surface area contributed by atoms with Gasteiger partial charge in [-0.25, -0.2) is 16.8 Å². The molecule has 0 fully saturated rings. The fourth-order valence-electron chi connectivity index (χ4n) is 3.91. The Morgan fingerprint density at radius 2 is 1.50 bits per heavy atom. The second-order valence-electron chi connectivity index (χ2n) is 9.03. The highest BCUT2D eigenvalue weighted by Crippen LogP contribution is 2.26. The average Bonchev–Trinajstić information content (AvgIpc) is 2.81.